The van der Waals surface area contributed by atoms with E-state index in [2.05, 4.69) is 26.1 Å². The molecule has 4 aliphatic rings. The first kappa shape index (κ1) is 13.1. The Balaban J connectivity index is 1.47. The van der Waals surface area contributed by atoms with Gasteiger partial charge >= 0.3 is 5.97 Å². The highest BCUT2D eigenvalue weighted by atomic mass is 16.5. The number of nitrogens with one attached hydrogen (secondary N) is 1. The Kier molecular flexibility index (Phi) is 2.62. The second-order valence-corrected chi connectivity index (χ2v) is 8.43. The maximum Gasteiger partial charge on any atom is 0.310 e. The summed E-state index contributed by atoms with van der Waals surface area (Å²) in [5.41, 5.74) is 0.517. The molecule has 2 saturated heterocycles. The number of hydrogen-bond donors (Lipinski definition) is 1. The largest absolute Gasteiger partial charge is 0.461 e. The van der Waals surface area contributed by atoms with Crippen LogP contribution in [0.15, 0.2) is 0 Å². The third kappa shape index (κ3) is 1.53. The van der Waals surface area contributed by atoms with Crippen LogP contribution in [0.1, 0.15) is 59.3 Å². The fourth-order valence-electron chi connectivity index (χ4n) is 5.62. The van der Waals surface area contributed by atoms with Gasteiger partial charge < -0.3 is 10.1 Å². The molecule has 0 aromatic rings. The van der Waals surface area contributed by atoms with E-state index in [1.807, 2.05) is 0 Å². The van der Waals surface area contributed by atoms with E-state index in [0.717, 1.165) is 25.2 Å². The lowest BCUT2D eigenvalue weighted by Crippen LogP contribution is -2.40. The van der Waals surface area contributed by atoms with E-state index in [9.17, 15) is 4.79 Å². The summed E-state index contributed by atoms with van der Waals surface area (Å²) in [7, 11) is 0. The van der Waals surface area contributed by atoms with E-state index in [1.165, 1.54) is 19.3 Å². The third-order valence-corrected chi connectivity index (χ3v) is 7.58. The minimum Gasteiger partial charge on any atom is -0.461 e. The zero-order chi connectivity index (χ0) is 14.1. The Morgan fingerprint density at radius 2 is 1.95 bits per heavy atom. The van der Waals surface area contributed by atoms with Crippen LogP contribution in [0, 0.1) is 22.7 Å². The van der Waals surface area contributed by atoms with Gasteiger partial charge in [-0.25, -0.2) is 0 Å². The highest BCUT2D eigenvalue weighted by Gasteiger charge is 2.63. The molecular formula is C17H27NO2. The van der Waals surface area contributed by atoms with Crippen molar-refractivity contribution in [3.63, 3.8) is 0 Å². The molecule has 4 fully saturated rings. The van der Waals surface area contributed by atoms with Gasteiger partial charge in [0.1, 0.15) is 6.10 Å². The van der Waals surface area contributed by atoms with E-state index < -0.39 is 0 Å². The zero-order valence-electron chi connectivity index (χ0n) is 12.9. The minimum absolute atomic E-state index is 0.0827. The van der Waals surface area contributed by atoms with Crippen molar-refractivity contribution in [1.29, 1.82) is 0 Å². The first-order valence-electron chi connectivity index (χ1n) is 8.38. The molecule has 2 heterocycles. The van der Waals surface area contributed by atoms with Gasteiger partial charge in [0.2, 0.25) is 0 Å². The second-order valence-electron chi connectivity index (χ2n) is 8.43. The SMILES string of the molecule is CC1(C)C2CCC1(C)C(OC(=O)C1CC3CCC1N3)C2. The van der Waals surface area contributed by atoms with Crippen LogP contribution in [0.4, 0.5) is 0 Å². The van der Waals surface area contributed by atoms with E-state index in [-0.39, 0.29) is 23.4 Å². The standard InChI is InChI=1S/C17H27NO2/c1-16(2)10-6-7-17(16,3)14(8-10)20-15(19)12-9-11-4-5-13(12)18-11/h10-14,18H,4-9H2,1-3H3. The van der Waals surface area contributed by atoms with E-state index in [4.69, 9.17) is 4.74 Å². The molecule has 6 unspecified atom stereocenters. The molecule has 0 aromatic carbocycles. The van der Waals surface area contributed by atoms with Crippen molar-refractivity contribution in [2.24, 2.45) is 22.7 Å². The van der Waals surface area contributed by atoms with Gasteiger partial charge in [0.25, 0.3) is 0 Å². The lowest BCUT2D eigenvalue weighted by atomic mass is 9.70. The van der Waals surface area contributed by atoms with Crippen LogP contribution in [0.25, 0.3) is 0 Å². The molecule has 3 heteroatoms. The molecule has 0 radical (unpaired) electrons. The molecule has 3 nitrogen and oxygen atoms in total. The van der Waals surface area contributed by atoms with Crippen LogP contribution in [-0.4, -0.2) is 24.2 Å². The smallest absolute Gasteiger partial charge is 0.310 e. The highest BCUT2D eigenvalue weighted by molar-refractivity contribution is 5.74. The second kappa shape index (κ2) is 4.00. The van der Waals surface area contributed by atoms with E-state index >= 15 is 0 Å². The van der Waals surface area contributed by atoms with Gasteiger partial charge in [0.05, 0.1) is 5.92 Å². The van der Waals surface area contributed by atoms with Crippen molar-refractivity contribution in [3.8, 4) is 0 Å². The highest BCUT2D eigenvalue weighted by Crippen LogP contribution is 2.66. The molecule has 2 saturated carbocycles. The van der Waals surface area contributed by atoms with Crippen molar-refractivity contribution in [3.05, 3.63) is 0 Å². The number of rotatable bonds is 2. The summed E-state index contributed by atoms with van der Waals surface area (Å²) in [5.74, 6) is 0.947. The van der Waals surface area contributed by atoms with Gasteiger partial charge in [-0.1, -0.05) is 20.8 Å². The zero-order valence-corrected chi connectivity index (χ0v) is 12.9. The topological polar surface area (TPSA) is 38.3 Å². The van der Waals surface area contributed by atoms with Gasteiger partial charge in [-0.2, -0.15) is 0 Å². The summed E-state index contributed by atoms with van der Waals surface area (Å²) in [4.78, 5) is 12.6. The average Bonchev–Trinajstić information content (AvgIpc) is 3.10. The van der Waals surface area contributed by atoms with Crippen LogP contribution in [0.5, 0.6) is 0 Å². The maximum atomic E-state index is 12.6. The number of carbonyl (C=O) groups excluding carboxylic acids is 1. The molecular weight excluding hydrogens is 250 g/mol. The van der Waals surface area contributed by atoms with Crippen molar-refractivity contribution in [2.45, 2.75) is 77.5 Å². The fraction of sp³-hybridized carbons (Fsp3) is 0.941. The van der Waals surface area contributed by atoms with Crippen LogP contribution in [0.3, 0.4) is 0 Å². The maximum absolute atomic E-state index is 12.6. The van der Waals surface area contributed by atoms with Crippen molar-refractivity contribution >= 4 is 5.97 Å². The normalized spacial score (nSPS) is 51.6. The predicted molar refractivity (Wildman–Crippen MR) is 77.2 cm³/mol. The Hall–Kier alpha value is -0.570. The Morgan fingerprint density at radius 3 is 2.45 bits per heavy atom. The van der Waals surface area contributed by atoms with Crippen molar-refractivity contribution in [1.82, 2.24) is 5.32 Å². The van der Waals surface area contributed by atoms with Crippen LogP contribution >= 0.6 is 0 Å². The van der Waals surface area contributed by atoms with Crippen LogP contribution < -0.4 is 5.32 Å². The summed E-state index contributed by atoms with van der Waals surface area (Å²) in [6.45, 7) is 7.09. The number of esters is 1. The number of fused-ring (bicyclic) bond motifs is 4. The predicted octanol–water partition coefficient (Wildman–Crippen LogP) is 2.88. The summed E-state index contributed by atoms with van der Waals surface area (Å²) in [6.07, 6.45) is 7.17. The average molecular weight is 277 g/mol. The number of ether oxygens (including phenoxy) is 1. The molecule has 4 rings (SSSR count). The van der Waals surface area contributed by atoms with E-state index in [0.29, 0.717) is 17.5 Å². The van der Waals surface area contributed by atoms with Gasteiger partial charge in [-0.15, -0.1) is 0 Å². The molecule has 0 spiro atoms. The summed E-state index contributed by atoms with van der Waals surface area (Å²) in [6, 6.07) is 0.969. The third-order valence-electron chi connectivity index (χ3n) is 7.58. The number of carbonyl (C=O) groups is 1. The lowest BCUT2D eigenvalue weighted by molar-refractivity contribution is -0.162. The number of hydrogen-bond acceptors (Lipinski definition) is 3. The Morgan fingerprint density at radius 1 is 1.15 bits per heavy atom. The molecule has 1 N–H and O–H groups in total. The van der Waals surface area contributed by atoms with Crippen molar-refractivity contribution < 1.29 is 9.53 Å². The Bertz CT molecular complexity index is 446. The molecule has 112 valence electrons. The summed E-state index contributed by atoms with van der Waals surface area (Å²) < 4.78 is 6.04. The summed E-state index contributed by atoms with van der Waals surface area (Å²) in [5, 5.41) is 3.54. The molecule has 6 atom stereocenters. The Labute approximate surface area is 121 Å². The first-order valence-corrected chi connectivity index (χ1v) is 8.38. The molecule has 4 bridgehead atoms. The van der Waals surface area contributed by atoms with Crippen molar-refractivity contribution in [2.75, 3.05) is 0 Å². The molecule has 2 aliphatic heterocycles. The minimum atomic E-state index is 0.0827. The summed E-state index contributed by atoms with van der Waals surface area (Å²) >= 11 is 0. The first-order chi connectivity index (χ1) is 9.42. The fourth-order valence-corrected chi connectivity index (χ4v) is 5.62. The lowest BCUT2D eigenvalue weighted by Gasteiger charge is -2.39. The molecule has 0 amide bonds. The molecule has 20 heavy (non-hydrogen) atoms. The monoisotopic (exact) mass is 277 g/mol. The van der Waals surface area contributed by atoms with E-state index in [1.54, 1.807) is 0 Å². The molecule has 0 aromatic heterocycles. The van der Waals surface area contributed by atoms with Gasteiger partial charge in [0, 0.05) is 17.5 Å². The van der Waals surface area contributed by atoms with Gasteiger partial charge in [-0.05, 0) is 49.9 Å². The van der Waals surface area contributed by atoms with Crippen LogP contribution in [0.2, 0.25) is 0 Å². The molecule has 2 aliphatic carbocycles. The van der Waals surface area contributed by atoms with Gasteiger partial charge in [-0.3, -0.25) is 4.79 Å². The van der Waals surface area contributed by atoms with Crippen LogP contribution in [-0.2, 0) is 9.53 Å². The quantitative estimate of drug-likeness (QED) is 0.789. The van der Waals surface area contributed by atoms with Gasteiger partial charge in [0.15, 0.2) is 0 Å².